The number of halogens is 4. The zero-order chi connectivity index (χ0) is 12.3. The van der Waals surface area contributed by atoms with E-state index in [0.717, 1.165) is 0 Å². The molecular formula is C10H13ClF3NOS. The summed E-state index contributed by atoms with van der Waals surface area (Å²) in [6.07, 6.45) is 0.549. The van der Waals surface area contributed by atoms with Gasteiger partial charge in [0.1, 0.15) is 5.75 Å². The first kappa shape index (κ1) is 16.4. The molecule has 7 heteroatoms. The second-order valence-electron chi connectivity index (χ2n) is 3.28. The minimum Gasteiger partial charge on any atom is -0.508 e. The number of alkyl halides is 3. The van der Waals surface area contributed by atoms with Gasteiger partial charge < -0.3 is 10.8 Å². The van der Waals surface area contributed by atoms with Crippen LogP contribution >= 0.6 is 24.2 Å². The summed E-state index contributed by atoms with van der Waals surface area (Å²) in [6, 6.07) is 3.29. The highest BCUT2D eigenvalue weighted by atomic mass is 35.5. The Kier molecular flexibility index (Phi) is 6.15. The summed E-state index contributed by atoms with van der Waals surface area (Å²) in [4.78, 5) is 0.0317. The van der Waals surface area contributed by atoms with Crippen molar-refractivity contribution >= 4 is 24.2 Å². The maximum absolute atomic E-state index is 12.1. The quantitative estimate of drug-likeness (QED) is 0.831. The number of nitrogens with two attached hydrogens (primary N) is 1. The third-order valence-corrected chi connectivity index (χ3v) is 2.79. The Morgan fingerprint density at radius 2 is 2.00 bits per heavy atom. The number of thioether (sulfide) groups is 1. The Labute approximate surface area is 108 Å². The van der Waals surface area contributed by atoms with Crippen LogP contribution in [0.2, 0.25) is 0 Å². The van der Waals surface area contributed by atoms with Crippen LogP contribution in [0.25, 0.3) is 0 Å². The van der Waals surface area contributed by atoms with Crippen molar-refractivity contribution < 1.29 is 18.3 Å². The lowest BCUT2D eigenvalue weighted by Crippen LogP contribution is -2.09. The predicted octanol–water partition coefficient (Wildman–Crippen LogP) is 3.84. The fraction of sp³-hybridized carbons (Fsp3) is 0.400. The van der Waals surface area contributed by atoms with E-state index in [1.165, 1.54) is 18.2 Å². The van der Waals surface area contributed by atoms with Crippen LogP contribution in [0.1, 0.15) is 24.9 Å². The van der Waals surface area contributed by atoms with Gasteiger partial charge in [-0.15, -0.1) is 12.4 Å². The molecule has 0 amide bonds. The van der Waals surface area contributed by atoms with Gasteiger partial charge in [-0.1, -0.05) is 6.92 Å². The molecule has 3 N–H and O–H groups in total. The fourth-order valence-corrected chi connectivity index (χ4v) is 1.84. The van der Waals surface area contributed by atoms with E-state index in [-0.39, 0.29) is 34.8 Å². The molecule has 0 aromatic heterocycles. The van der Waals surface area contributed by atoms with Gasteiger partial charge in [0.15, 0.2) is 0 Å². The zero-order valence-corrected chi connectivity index (χ0v) is 10.6. The van der Waals surface area contributed by atoms with Gasteiger partial charge in [-0.25, -0.2) is 0 Å². The lowest BCUT2D eigenvalue weighted by atomic mass is 10.0. The zero-order valence-electron chi connectivity index (χ0n) is 8.99. The summed E-state index contributed by atoms with van der Waals surface area (Å²) in [6.45, 7) is 1.80. The number of aromatic hydroxyl groups is 1. The molecule has 2 nitrogen and oxygen atoms in total. The third-order valence-electron chi connectivity index (χ3n) is 2.07. The first-order chi connectivity index (χ1) is 7.33. The molecule has 0 radical (unpaired) electrons. The standard InChI is InChI=1S/C10H12F3NOS.ClH/c1-2-8(14)7-5-6(3-4-9(7)15)16-10(11,12)13;/h3-5,8,15H,2,14H2,1H3;1H/t8-;/m0./s1. The minimum absolute atomic E-state index is 0. The molecule has 0 fully saturated rings. The van der Waals surface area contributed by atoms with E-state index in [0.29, 0.717) is 12.0 Å². The van der Waals surface area contributed by atoms with E-state index in [9.17, 15) is 18.3 Å². The largest absolute Gasteiger partial charge is 0.508 e. The molecule has 0 aliphatic carbocycles. The minimum atomic E-state index is -4.33. The lowest BCUT2D eigenvalue weighted by Gasteiger charge is -2.13. The van der Waals surface area contributed by atoms with Gasteiger partial charge in [0.25, 0.3) is 0 Å². The fourth-order valence-electron chi connectivity index (χ4n) is 1.25. The molecule has 98 valence electrons. The van der Waals surface area contributed by atoms with Crippen LogP contribution in [-0.2, 0) is 0 Å². The molecule has 0 aliphatic heterocycles. The lowest BCUT2D eigenvalue weighted by molar-refractivity contribution is -0.0328. The molecule has 1 rings (SSSR count). The van der Waals surface area contributed by atoms with Gasteiger partial charge in [-0.2, -0.15) is 13.2 Å². The molecule has 0 unspecified atom stereocenters. The summed E-state index contributed by atoms with van der Waals surface area (Å²) in [5.41, 5.74) is 1.69. The highest BCUT2D eigenvalue weighted by molar-refractivity contribution is 8.00. The summed E-state index contributed by atoms with van der Waals surface area (Å²) in [5, 5.41) is 9.46. The van der Waals surface area contributed by atoms with Crippen molar-refractivity contribution in [2.45, 2.75) is 29.8 Å². The van der Waals surface area contributed by atoms with Gasteiger partial charge in [0.2, 0.25) is 0 Å². The van der Waals surface area contributed by atoms with Crippen molar-refractivity contribution in [1.29, 1.82) is 0 Å². The molecule has 1 aromatic carbocycles. The van der Waals surface area contributed by atoms with Crippen molar-refractivity contribution in [2.24, 2.45) is 5.73 Å². The van der Waals surface area contributed by atoms with Gasteiger partial charge in [-0.3, -0.25) is 0 Å². The highest BCUT2D eigenvalue weighted by Gasteiger charge is 2.29. The first-order valence-corrected chi connectivity index (χ1v) is 5.49. The number of benzene rings is 1. The van der Waals surface area contributed by atoms with E-state index in [4.69, 9.17) is 5.73 Å². The Morgan fingerprint density at radius 1 is 1.41 bits per heavy atom. The molecule has 0 aliphatic rings. The van der Waals surface area contributed by atoms with E-state index < -0.39 is 11.6 Å². The molecular weight excluding hydrogens is 275 g/mol. The smallest absolute Gasteiger partial charge is 0.446 e. The van der Waals surface area contributed by atoms with Crippen molar-refractivity contribution in [3.8, 4) is 5.75 Å². The molecule has 1 atom stereocenters. The summed E-state index contributed by atoms with van der Waals surface area (Å²) < 4.78 is 36.4. The van der Waals surface area contributed by atoms with E-state index >= 15 is 0 Å². The Bertz CT molecular complexity index is 373. The van der Waals surface area contributed by atoms with Gasteiger partial charge in [-0.05, 0) is 36.4 Å². The topological polar surface area (TPSA) is 46.2 Å². The summed E-state index contributed by atoms with van der Waals surface area (Å²) in [5.74, 6) is -0.0686. The Morgan fingerprint density at radius 3 is 2.47 bits per heavy atom. The molecule has 1 aromatic rings. The van der Waals surface area contributed by atoms with Crippen LogP contribution in [0.3, 0.4) is 0 Å². The molecule has 17 heavy (non-hydrogen) atoms. The van der Waals surface area contributed by atoms with E-state index in [1.54, 1.807) is 6.92 Å². The molecule has 0 spiro atoms. The predicted molar refractivity (Wildman–Crippen MR) is 64.5 cm³/mol. The van der Waals surface area contributed by atoms with Crippen LogP contribution in [0.4, 0.5) is 13.2 Å². The Hall–Kier alpha value is -0.590. The van der Waals surface area contributed by atoms with Crippen LogP contribution < -0.4 is 5.73 Å². The number of rotatable bonds is 3. The highest BCUT2D eigenvalue weighted by Crippen LogP contribution is 2.39. The van der Waals surface area contributed by atoms with Crippen molar-refractivity contribution in [1.82, 2.24) is 0 Å². The van der Waals surface area contributed by atoms with Crippen LogP contribution in [0.5, 0.6) is 5.75 Å². The van der Waals surface area contributed by atoms with E-state index in [2.05, 4.69) is 0 Å². The average molecular weight is 288 g/mol. The van der Waals surface area contributed by atoms with E-state index in [1.807, 2.05) is 0 Å². The van der Waals surface area contributed by atoms with Gasteiger partial charge in [0, 0.05) is 16.5 Å². The number of hydrogen-bond donors (Lipinski definition) is 2. The summed E-state index contributed by atoms with van der Waals surface area (Å²) in [7, 11) is 0. The molecule has 0 saturated heterocycles. The monoisotopic (exact) mass is 287 g/mol. The molecule has 0 saturated carbocycles. The van der Waals surface area contributed by atoms with Gasteiger partial charge in [0.05, 0.1) is 0 Å². The normalized spacial score (nSPS) is 13.0. The maximum Gasteiger partial charge on any atom is 0.446 e. The Balaban J connectivity index is 0.00000256. The first-order valence-electron chi connectivity index (χ1n) is 4.67. The van der Waals surface area contributed by atoms with Crippen LogP contribution in [0.15, 0.2) is 23.1 Å². The average Bonchev–Trinajstić information content (AvgIpc) is 2.18. The second kappa shape index (κ2) is 6.37. The van der Waals surface area contributed by atoms with Crippen LogP contribution in [-0.4, -0.2) is 10.6 Å². The molecule has 0 heterocycles. The van der Waals surface area contributed by atoms with Crippen molar-refractivity contribution in [3.63, 3.8) is 0 Å². The van der Waals surface area contributed by atoms with Gasteiger partial charge >= 0.3 is 5.51 Å². The second-order valence-corrected chi connectivity index (χ2v) is 4.42. The number of phenolic OH excluding ortho intramolecular Hbond substituents is 1. The maximum atomic E-state index is 12.1. The third kappa shape index (κ3) is 5.06. The molecule has 0 bridgehead atoms. The van der Waals surface area contributed by atoms with Crippen molar-refractivity contribution in [2.75, 3.05) is 0 Å². The SMILES string of the molecule is CC[C@H](N)c1cc(SC(F)(F)F)ccc1O.Cl. The number of phenols is 1. The van der Waals surface area contributed by atoms with Crippen molar-refractivity contribution in [3.05, 3.63) is 23.8 Å². The number of hydrogen-bond acceptors (Lipinski definition) is 3. The summed E-state index contributed by atoms with van der Waals surface area (Å²) >= 11 is -0.215. The van der Waals surface area contributed by atoms with Crippen LogP contribution in [0, 0.1) is 0 Å².